The molecule has 1 N–H and O–H groups in total. The molecule has 0 heterocycles. The maximum Gasteiger partial charge on any atom is 0.0576 e. The van der Waals surface area contributed by atoms with E-state index in [-0.39, 0.29) is 0 Å². The predicted molar refractivity (Wildman–Crippen MR) is 59.4 cm³/mol. The van der Waals surface area contributed by atoms with Crippen LogP contribution < -0.4 is 5.32 Å². The molecule has 1 aromatic rings. The van der Waals surface area contributed by atoms with E-state index in [1.54, 1.807) is 0 Å². The van der Waals surface area contributed by atoms with Gasteiger partial charge in [-0.3, -0.25) is 0 Å². The molecule has 0 amide bonds. The Balaban J connectivity index is 2.59. The lowest BCUT2D eigenvalue weighted by molar-refractivity contribution is 0.769. The van der Waals surface area contributed by atoms with Crippen molar-refractivity contribution in [2.75, 3.05) is 6.54 Å². The molecule has 1 rings (SSSR count). The molecule has 0 atom stereocenters. The molecule has 0 fully saturated rings. The molecule has 68 valence electrons. The number of nitrogens with one attached hydrogen (secondary N) is 1. The van der Waals surface area contributed by atoms with Crippen LogP contribution in [0.2, 0.25) is 0 Å². The van der Waals surface area contributed by atoms with Crippen LogP contribution in [0.1, 0.15) is 11.1 Å². The molecule has 0 aliphatic carbocycles. The Kier molecular flexibility index (Phi) is 4.01. The van der Waals surface area contributed by atoms with Gasteiger partial charge in [-0.15, -0.1) is 6.42 Å². The second-order valence-electron chi connectivity index (χ2n) is 2.89. The van der Waals surface area contributed by atoms with Gasteiger partial charge in [0, 0.05) is 11.0 Å². The highest BCUT2D eigenvalue weighted by Crippen LogP contribution is 2.16. The van der Waals surface area contributed by atoms with Gasteiger partial charge < -0.3 is 5.32 Å². The maximum absolute atomic E-state index is 5.13. The summed E-state index contributed by atoms with van der Waals surface area (Å²) in [6.45, 7) is 3.53. The fraction of sp³-hybridized carbons (Fsp3) is 0.273. The largest absolute Gasteiger partial charge is 0.302 e. The van der Waals surface area contributed by atoms with Gasteiger partial charge in [-0.2, -0.15) is 0 Å². The van der Waals surface area contributed by atoms with Gasteiger partial charge in [0.15, 0.2) is 0 Å². The average Bonchev–Trinajstić information content (AvgIpc) is 2.12. The highest BCUT2D eigenvalue weighted by atomic mass is 79.9. The lowest BCUT2D eigenvalue weighted by Crippen LogP contribution is -2.12. The Bertz CT molecular complexity index is 325. The molecule has 0 radical (unpaired) electrons. The van der Waals surface area contributed by atoms with E-state index < -0.39 is 0 Å². The fourth-order valence-corrected chi connectivity index (χ4v) is 1.34. The first-order valence-electron chi connectivity index (χ1n) is 4.13. The van der Waals surface area contributed by atoms with Crippen LogP contribution in [0.25, 0.3) is 0 Å². The van der Waals surface area contributed by atoms with E-state index in [0.717, 1.165) is 11.0 Å². The summed E-state index contributed by atoms with van der Waals surface area (Å²) in [6, 6.07) is 6.29. The van der Waals surface area contributed by atoms with Gasteiger partial charge in [0.1, 0.15) is 0 Å². The van der Waals surface area contributed by atoms with Crippen LogP contribution in [-0.2, 0) is 6.54 Å². The van der Waals surface area contributed by atoms with Crippen LogP contribution >= 0.6 is 15.9 Å². The Morgan fingerprint density at radius 3 is 2.92 bits per heavy atom. The van der Waals surface area contributed by atoms with Crippen molar-refractivity contribution in [3.8, 4) is 12.3 Å². The molecule has 0 saturated heterocycles. The minimum atomic E-state index is 0.620. The van der Waals surface area contributed by atoms with Crippen molar-refractivity contribution in [2.24, 2.45) is 0 Å². The Labute approximate surface area is 87.7 Å². The normalized spacial score (nSPS) is 9.62. The van der Waals surface area contributed by atoms with Crippen LogP contribution in [0.4, 0.5) is 0 Å². The van der Waals surface area contributed by atoms with Crippen molar-refractivity contribution in [1.29, 1.82) is 0 Å². The smallest absolute Gasteiger partial charge is 0.0576 e. The molecule has 0 bridgehead atoms. The molecule has 1 aromatic carbocycles. The minimum Gasteiger partial charge on any atom is -0.302 e. The molecule has 0 spiro atoms. The maximum atomic E-state index is 5.13. The second-order valence-corrected chi connectivity index (χ2v) is 3.75. The zero-order chi connectivity index (χ0) is 9.68. The molecule has 0 saturated carbocycles. The van der Waals surface area contributed by atoms with Crippen LogP contribution in [0.5, 0.6) is 0 Å². The summed E-state index contributed by atoms with van der Waals surface area (Å²) < 4.78 is 1.15. The number of halogens is 1. The number of hydrogen-bond donors (Lipinski definition) is 1. The number of rotatable bonds is 3. The van der Waals surface area contributed by atoms with Gasteiger partial charge in [-0.25, -0.2) is 0 Å². The van der Waals surface area contributed by atoms with Crippen molar-refractivity contribution in [3.63, 3.8) is 0 Å². The van der Waals surface area contributed by atoms with Gasteiger partial charge in [0.05, 0.1) is 6.54 Å². The minimum absolute atomic E-state index is 0.620. The third-order valence-electron chi connectivity index (χ3n) is 1.78. The van der Waals surface area contributed by atoms with Gasteiger partial charge in [-0.1, -0.05) is 34.0 Å². The molecule has 0 unspecified atom stereocenters. The zero-order valence-corrected chi connectivity index (χ0v) is 9.19. The lowest BCUT2D eigenvalue weighted by Gasteiger charge is -2.04. The van der Waals surface area contributed by atoms with Gasteiger partial charge in [-0.05, 0) is 24.1 Å². The van der Waals surface area contributed by atoms with E-state index in [4.69, 9.17) is 6.42 Å². The van der Waals surface area contributed by atoms with E-state index in [1.165, 1.54) is 11.1 Å². The quantitative estimate of drug-likeness (QED) is 0.630. The summed E-state index contributed by atoms with van der Waals surface area (Å²) >= 11 is 3.46. The molecular formula is C11H12BrN. The predicted octanol–water partition coefficient (Wildman–Crippen LogP) is 2.48. The van der Waals surface area contributed by atoms with Crippen molar-refractivity contribution in [2.45, 2.75) is 13.5 Å². The van der Waals surface area contributed by atoms with E-state index in [2.05, 4.69) is 52.3 Å². The number of benzene rings is 1. The van der Waals surface area contributed by atoms with Crippen molar-refractivity contribution >= 4 is 15.9 Å². The number of terminal acetylenes is 1. The van der Waals surface area contributed by atoms with E-state index in [0.29, 0.717) is 6.54 Å². The fourth-order valence-electron chi connectivity index (χ4n) is 1.10. The first-order chi connectivity index (χ1) is 6.24. The van der Waals surface area contributed by atoms with Crippen molar-refractivity contribution in [3.05, 3.63) is 33.8 Å². The van der Waals surface area contributed by atoms with Gasteiger partial charge in [0.25, 0.3) is 0 Å². The summed E-state index contributed by atoms with van der Waals surface area (Å²) in [7, 11) is 0. The van der Waals surface area contributed by atoms with E-state index in [9.17, 15) is 0 Å². The number of aryl methyl sites for hydroxylation is 1. The Morgan fingerprint density at radius 1 is 1.54 bits per heavy atom. The summed E-state index contributed by atoms with van der Waals surface area (Å²) in [5.74, 6) is 2.54. The molecular weight excluding hydrogens is 226 g/mol. The molecule has 0 aliphatic heterocycles. The monoisotopic (exact) mass is 237 g/mol. The first-order valence-corrected chi connectivity index (χ1v) is 4.92. The Hall–Kier alpha value is -0.780. The SMILES string of the molecule is C#CCNCc1ccc(Br)c(C)c1. The van der Waals surface area contributed by atoms with E-state index in [1.807, 2.05) is 0 Å². The highest BCUT2D eigenvalue weighted by Gasteiger charge is 1.95. The third-order valence-corrected chi connectivity index (χ3v) is 2.67. The van der Waals surface area contributed by atoms with Crippen LogP contribution in [0.15, 0.2) is 22.7 Å². The summed E-state index contributed by atoms with van der Waals surface area (Å²) in [5.41, 5.74) is 2.51. The number of hydrogen-bond acceptors (Lipinski definition) is 1. The second kappa shape index (κ2) is 5.06. The molecule has 0 aromatic heterocycles. The van der Waals surface area contributed by atoms with Gasteiger partial charge >= 0.3 is 0 Å². The zero-order valence-electron chi connectivity index (χ0n) is 7.60. The van der Waals surface area contributed by atoms with Crippen molar-refractivity contribution < 1.29 is 0 Å². The average molecular weight is 238 g/mol. The summed E-state index contributed by atoms with van der Waals surface area (Å²) in [5, 5.41) is 3.15. The molecule has 1 nitrogen and oxygen atoms in total. The summed E-state index contributed by atoms with van der Waals surface area (Å²) in [6.07, 6.45) is 5.13. The lowest BCUT2D eigenvalue weighted by atomic mass is 10.1. The van der Waals surface area contributed by atoms with Gasteiger partial charge in [0.2, 0.25) is 0 Å². The van der Waals surface area contributed by atoms with Crippen LogP contribution in [0, 0.1) is 19.3 Å². The van der Waals surface area contributed by atoms with Crippen molar-refractivity contribution in [1.82, 2.24) is 5.32 Å². The Morgan fingerprint density at radius 2 is 2.31 bits per heavy atom. The molecule has 0 aliphatic rings. The summed E-state index contributed by atoms with van der Waals surface area (Å²) in [4.78, 5) is 0. The molecule has 2 heteroatoms. The third kappa shape index (κ3) is 3.22. The topological polar surface area (TPSA) is 12.0 Å². The first kappa shape index (κ1) is 10.3. The standard InChI is InChI=1S/C11H12BrN/c1-3-6-13-8-10-4-5-11(12)9(2)7-10/h1,4-5,7,13H,6,8H2,2H3. The van der Waals surface area contributed by atoms with Crippen LogP contribution in [-0.4, -0.2) is 6.54 Å². The van der Waals surface area contributed by atoms with E-state index >= 15 is 0 Å². The highest BCUT2D eigenvalue weighted by molar-refractivity contribution is 9.10. The van der Waals surface area contributed by atoms with Crippen LogP contribution in [0.3, 0.4) is 0 Å². The molecule has 13 heavy (non-hydrogen) atoms.